The van der Waals surface area contributed by atoms with Crippen molar-refractivity contribution in [3.05, 3.63) is 29.3 Å². The highest BCUT2D eigenvalue weighted by molar-refractivity contribution is 5.64. The average molecular weight is 248 g/mol. The smallest absolute Gasteiger partial charge is 0.418 e. The maximum Gasteiger partial charge on any atom is 0.418 e. The predicted molar refractivity (Wildman–Crippen MR) is 55.6 cm³/mol. The van der Waals surface area contributed by atoms with E-state index in [0.29, 0.717) is 0 Å². The molecule has 0 atom stereocenters. The third kappa shape index (κ3) is 3.54. The fourth-order valence-corrected chi connectivity index (χ4v) is 1.38. The van der Waals surface area contributed by atoms with Gasteiger partial charge in [-0.05, 0) is 18.1 Å². The van der Waals surface area contributed by atoms with Gasteiger partial charge in [0.1, 0.15) is 0 Å². The summed E-state index contributed by atoms with van der Waals surface area (Å²) in [5.74, 6) is 0. The molecule has 0 fully saturated rings. The molecule has 0 unspecified atom stereocenters. The molecule has 0 saturated heterocycles. The van der Waals surface area contributed by atoms with Gasteiger partial charge in [0.25, 0.3) is 0 Å². The molecular weight excluding hydrogens is 237 g/mol. The lowest BCUT2D eigenvalue weighted by Gasteiger charge is -2.13. The van der Waals surface area contributed by atoms with Gasteiger partial charge in [-0.15, -0.1) is 0 Å². The van der Waals surface area contributed by atoms with Gasteiger partial charge in [-0.2, -0.15) is 13.2 Å². The van der Waals surface area contributed by atoms with Crippen molar-refractivity contribution in [2.24, 2.45) is 0 Å². The van der Waals surface area contributed by atoms with E-state index in [-0.39, 0.29) is 24.2 Å². The Bertz CT molecular complexity index is 419. The topological polar surface area (TPSA) is 75.3 Å². The number of halogens is 3. The second-order valence-electron chi connectivity index (χ2n) is 3.36. The van der Waals surface area contributed by atoms with E-state index in [4.69, 9.17) is 10.8 Å². The molecule has 0 aliphatic heterocycles. The van der Waals surface area contributed by atoms with Crippen molar-refractivity contribution in [1.82, 2.24) is 5.32 Å². The van der Waals surface area contributed by atoms with Crippen LogP contribution in [0, 0.1) is 0 Å². The number of amides is 1. The van der Waals surface area contributed by atoms with Crippen LogP contribution in [0.1, 0.15) is 11.1 Å². The van der Waals surface area contributed by atoms with Crippen molar-refractivity contribution in [3.63, 3.8) is 0 Å². The Balaban J connectivity index is 2.84. The minimum atomic E-state index is -4.50. The zero-order valence-corrected chi connectivity index (χ0v) is 8.71. The fraction of sp³-hybridized carbons (Fsp3) is 0.300. The average Bonchev–Trinajstić information content (AvgIpc) is 2.18. The van der Waals surface area contributed by atoms with Gasteiger partial charge in [0.15, 0.2) is 0 Å². The van der Waals surface area contributed by atoms with Gasteiger partial charge < -0.3 is 16.2 Å². The summed E-state index contributed by atoms with van der Waals surface area (Å²) in [6.07, 6.45) is -5.61. The molecule has 0 radical (unpaired) electrons. The lowest BCUT2D eigenvalue weighted by molar-refractivity contribution is -0.136. The van der Waals surface area contributed by atoms with Gasteiger partial charge in [0, 0.05) is 12.2 Å². The number of alkyl halides is 3. The molecule has 0 heterocycles. The predicted octanol–water partition coefficient (Wildman–Crippen LogP) is 2.10. The van der Waals surface area contributed by atoms with E-state index in [1.807, 2.05) is 0 Å². The van der Waals surface area contributed by atoms with Crippen LogP contribution < -0.4 is 11.1 Å². The monoisotopic (exact) mass is 248 g/mol. The third-order valence-electron chi connectivity index (χ3n) is 2.17. The minimum absolute atomic E-state index is 0.0147. The Morgan fingerprint density at radius 2 is 2.06 bits per heavy atom. The Hall–Kier alpha value is -1.92. The fourth-order valence-electron chi connectivity index (χ4n) is 1.38. The Labute approximate surface area is 95.2 Å². The summed E-state index contributed by atoms with van der Waals surface area (Å²) >= 11 is 0. The highest BCUT2D eigenvalue weighted by Crippen LogP contribution is 2.34. The van der Waals surface area contributed by atoms with Crippen molar-refractivity contribution in [2.45, 2.75) is 12.6 Å². The number of nitrogens with two attached hydrogens (primary N) is 1. The van der Waals surface area contributed by atoms with E-state index in [0.717, 1.165) is 6.07 Å². The van der Waals surface area contributed by atoms with E-state index >= 15 is 0 Å². The molecule has 17 heavy (non-hydrogen) atoms. The van der Waals surface area contributed by atoms with E-state index in [1.54, 1.807) is 0 Å². The van der Waals surface area contributed by atoms with Crippen LogP contribution >= 0.6 is 0 Å². The van der Waals surface area contributed by atoms with Gasteiger partial charge in [-0.25, -0.2) is 4.79 Å². The van der Waals surface area contributed by atoms with Crippen LogP contribution in [-0.4, -0.2) is 17.7 Å². The number of carbonyl (C=O) groups is 1. The Morgan fingerprint density at radius 1 is 1.41 bits per heavy atom. The summed E-state index contributed by atoms with van der Waals surface area (Å²) in [6, 6.07) is 3.58. The summed E-state index contributed by atoms with van der Waals surface area (Å²) in [7, 11) is 0. The summed E-state index contributed by atoms with van der Waals surface area (Å²) in [5, 5.41) is 10.4. The number of hydrogen-bond donors (Lipinski definition) is 3. The van der Waals surface area contributed by atoms with Crippen molar-refractivity contribution in [3.8, 4) is 0 Å². The molecule has 94 valence electrons. The molecule has 1 amide bonds. The summed E-state index contributed by atoms with van der Waals surface area (Å²) in [5.41, 5.74) is 4.41. The summed E-state index contributed by atoms with van der Waals surface area (Å²) in [4.78, 5) is 10.2. The first-order chi connectivity index (χ1) is 7.82. The SMILES string of the molecule is Nc1c(CCNC(=O)O)cccc1C(F)(F)F. The number of carboxylic acid groups (broad SMARTS) is 1. The Morgan fingerprint density at radius 3 is 2.59 bits per heavy atom. The Kier molecular flexibility index (Phi) is 3.82. The molecule has 0 aromatic heterocycles. The standard InChI is InChI=1S/C10H11F3N2O2/c11-10(12,13)7-3-1-2-6(8(7)14)4-5-15-9(16)17/h1-3,15H,4-5,14H2,(H,16,17). The highest BCUT2D eigenvalue weighted by Gasteiger charge is 2.33. The van der Waals surface area contributed by atoms with Crippen molar-refractivity contribution in [1.29, 1.82) is 0 Å². The van der Waals surface area contributed by atoms with Crippen LogP contribution in [0.2, 0.25) is 0 Å². The van der Waals surface area contributed by atoms with Crippen LogP contribution in [0.4, 0.5) is 23.7 Å². The number of anilines is 1. The molecule has 0 aliphatic rings. The maximum atomic E-state index is 12.5. The third-order valence-corrected chi connectivity index (χ3v) is 2.17. The largest absolute Gasteiger partial charge is 0.465 e. The highest BCUT2D eigenvalue weighted by atomic mass is 19.4. The van der Waals surface area contributed by atoms with Crippen molar-refractivity contribution in [2.75, 3.05) is 12.3 Å². The molecule has 0 bridgehead atoms. The van der Waals surface area contributed by atoms with Gasteiger partial charge in [-0.1, -0.05) is 12.1 Å². The quantitative estimate of drug-likeness (QED) is 0.717. The number of para-hydroxylation sites is 1. The molecular formula is C10H11F3N2O2. The number of hydrogen-bond acceptors (Lipinski definition) is 2. The van der Waals surface area contributed by atoms with Gasteiger partial charge >= 0.3 is 12.3 Å². The van der Waals surface area contributed by atoms with E-state index in [1.165, 1.54) is 12.1 Å². The summed E-state index contributed by atoms with van der Waals surface area (Å²) < 4.78 is 37.5. The van der Waals surface area contributed by atoms with Crippen LogP contribution in [0.15, 0.2) is 18.2 Å². The maximum absolute atomic E-state index is 12.5. The molecule has 0 saturated carbocycles. The summed E-state index contributed by atoms with van der Waals surface area (Å²) in [6.45, 7) is 0.0147. The second kappa shape index (κ2) is 4.94. The molecule has 7 heteroatoms. The van der Waals surface area contributed by atoms with Crippen LogP contribution in [0.3, 0.4) is 0 Å². The number of rotatable bonds is 3. The number of nitrogens with one attached hydrogen (secondary N) is 1. The van der Waals surface area contributed by atoms with Gasteiger partial charge in [0.05, 0.1) is 5.56 Å². The second-order valence-corrected chi connectivity index (χ2v) is 3.36. The first-order valence-corrected chi connectivity index (χ1v) is 4.73. The van der Waals surface area contributed by atoms with E-state index < -0.39 is 17.8 Å². The van der Waals surface area contributed by atoms with Crippen LogP contribution in [0.5, 0.6) is 0 Å². The first kappa shape index (κ1) is 13.1. The van der Waals surface area contributed by atoms with Gasteiger partial charge in [-0.3, -0.25) is 0 Å². The number of nitrogen functional groups attached to an aromatic ring is 1. The van der Waals surface area contributed by atoms with Crippen molar-refractivity contribution >= 4 is 11.8 Å². The lowest BCUT2D eigenvalue weighted by Crippen LogP contribution is -2.23. The van der Waals surface area contributed by atoms with Gasteiger partial charge in [0.2, 0.25) is 0 Å². The molecule has 0 spiro atoms. The normalized spacial score (nSPS) is 11.2. The lowest BCUT2D eigenvalue weighted by atomic mass is 10.0. The minimum Gasteiger partial charge on any atom is -0.465 e. The molecule has 4 N–H and O–H groups in total. The van der Waals surface area contributed by atoms with Crippen molar-refractivity contribution < 1.29 is 23.1 Å². The molecule has 1 aromatic rings. The molecule has 4 nitrogen and oxygen atoms in total. The number of benzene rings is 1. The molecule has 1 aromatic carbocycles. The molecule has 1 rings (SSSR count). The van der Waals surface area contributed by atoms with E-state index in [2.05, 4.69) is 5.32 Å². The van der Waals surface area contributed by atoms with Crippen LogP contribution in [0.25, 0.3) is 0 Å². The zero-order chi connectivity index (χ0) is 13.1. The zero-order valence-electron chi connectivity index (χ0n) is 8.71. The molecule has 0 aliphatic carbocycles. The van der Waals surface area contributed by atoms with E-state index in [9.17, 15) is 18.0 Å². The van der Waals surface area contributed by atoms with Crippen LogP contribution in [-0.2, 0) is 12.6 Å². The first-order valence-electron chi connectivity index (χ1n) is 4.73.